The van der Waals surface area contributed by atoms with E-state index in [-0.39, 0.29) is 0 Å². The summed E-state index contributed by atoms with van der Waals surface area (Å²) in [5.41, 5.74) is 2.77. The number of hydrogen-bond acceptors (Lipinski definition) is 4. The molecule has 23 heavy (non-hydrogen) atoms. The van der Waals surface area contributed by atoms with Crippen LogP contribution in [0.15, 0.2) is 24.3 Å². The number of hydrogen-bond donors (Lipinski definition) is 1. The monoisotopic (exact) mass is 317 g/mol. The summed E-state index contributed by atoms with van der Waals surface area (Å²) >= 11 is 0. The van der Waals surface area contributed by atoms with Crippen LogP contribution in [0.25, 0.3) is 0 Å². The first-order valence-electron chi connectivity index (χ1n) is 9.12. The summed E-state index contributed by atoms with van der Waals surface area (Å²) in [6.45, 7) is 12.1. The Hall–Kier alpha value is -0.940. The van der Waals surface area contributed by atoms with E-state index in [2.05, 4.69) is 46.3 Å². The third-order valence-electron chi connectivity index (χ3n) is 5.04. The second kappa shape index (κ2) is 8.78. The van der Waals surface area contributed by atoms with Crippen LogP contribution in [0.5, 0.6) is 0 Å². The van der Waals surface area contributed by atoms with Gasteiger partial charge in [-0.15, -0.1) is 0 Å². The van der Waals surface area contributed by atoms with Crippen molar-refractivity contribution in [1.82, 2.24) is 15.1 Å². The first-order chi connectivity index (χ1) is 11.3. The Morgan fingerprint density at radius 2 is 1.65 bits per heavy atom. The lowest BCUT2D eigenvalue weighted by atomic mass is 10.1. The fourth-order valence-electron chi connectivity index (χ4n) is 3.43. The zero-order valence-corrected chi connectivity index (χ0v) is 14.5. The fourth-order valence-corrected chi connectivity index (χ4v) is 3.43. The maximum absolute atomic E-state index is 6.02. The summed E-state index contributed by atoms with van der Waals surface area (Å²) in [5, 5.41) is 3.39. The van der Waals surface area contributed by atoms with Crippen LogP contribution in [0.1, 0.15) is 24.0 Å². The molecule has 1 aromatic rings. The van der Waals surface area contributed by atoms with Crippen molar-refractivity contribution >= 4 is 0 Å². The van der Waals surface area contributed by atoms with Gasteiger partial charge in [-0.3, -0.25) is 9.80 Å². The van der Waals surface area contributed by atoms with E-state index in [1.54, 1.807) is 0 Å². The van der Waals surface area contributed by atoms with Gasteiger partial charge in [-0.25, -0.2) is 0 Å². The molecule has 0 unspecified atom stereocenters. The minimum atomic E-state index is 0.485. The first-order valence-corrected chi connectivity index (χ1v) is 9.12. The first kappa shape index (κ1) is 16.9. The summed E-state index contributed by atoms with van der Waals surface area (Å²) in [4.78, 5) is 5.11. The number of nitrogens with one attached hydrogen (secondary N) is 1. The Labute approximate surface area is 140 Å². The Bertz CT molecular complexity index is 448. The van der Waals surface area contributed by atoms with Gasteiger partial charge in [0.2, 0.25) is 0 Å². The topological polar surface area (TPSA) is 27.7 Å². The van der Waals surface area contributed by atoms with Crippen LogP contribution >= 0.6 is 0 Å². The number of benzene rings is 1. The molecule has 2 aliphatic heterocycles. The lowest BCUT2D eigenvalue weighted by Crippen LogP contribution is -2.47. The molecule has 4 nitrogen and oxygen atoms in total. The van der Waals surface area contributed by atoms with Gasteiger partial charge in [0.25, 0.3) is 0 Å². The van der Waals surface area contributed by atoms with Gasteiger partial charge in [0.1, 0.15) is 0 Å². The largest absolute Gasteiger partial charge is 0.377 e. The van der Waals surface area contributed by atoms with Gasteiger partial charge in [-0.05, 0) is 38.4 Å². The molecule has 1 N–H and O–H groups in total. The molecular formula is C19H31N3O. The molecule has 2 saturated heterocycles. The van der Waals surface area contributed by atoms with Gasteiger partial charge >= 0.3 is 0 Å². The smallest absolute Gasteiger partial charge is 0.0600 e. The third kappa shape index (κ3) is 5.57. The maximum atomic E-state index is 6.02. The molecule has 0 spiro atoms. The normalized spacial score (nSPS) is 21.6. The van der Waals surface area contributed by atoms with E-state index < -0.39 is 0 Å². The molecule has 0 aromatic heterocycles. The number of nitrogens with zero attached hydrogens (tertiary/aromatic N) is 2. The van der Waals surface area contributed by atoms with Gasteiger partial charge < -0.3 is 10.1 Å². The SMILES string of the molecule is Cc1ccc(CN2CCN(CCOC3CCNCC3)CC2)cc1. The van der Waals surface area contributed by atoms with E-state index in [1.165, 1.54) is 50.1 Å². The van der Waals surface area contributed by atoms with Crippen molar-refractivity contribution in [3.05, 3.63) is 35.4 Å². The van der Waals surface area contributed by atoms with Crippen molar-refractivity contribution in [3.63, 3.8) is 0 Å². The van der Waals surface area contributed by atoms with Gasteiger partial charge in [-0.2, -0.15) is 0 Å². The lowest BCUT2D eigenvalue weighted by molar-refractivity contribution is 0.0123. The molecule has 0 bridgehead atoms. The van der Waals surface area contributed by atoms with E-state index in [0.717, 1.165) is 32.8 Å². The van der Waals surface area contributed by atoms with Crippen LogP contribution in [0.2, 0.25) is 0 Å². The van der Waals surface area contributed by atoms with Gasteiger partial charge in [-0.1, -0.05) is 29.8 Å². The molecular weight excluding hydrogens is 286 g/mol. The minimum absolute atomic E-state index is 0.485. The zero-order valence-electron chi connectivity index (χ0n) is 14.5. The highest BCUT2D eigenvalue weighted by molar-refractivity contribution is 5.21. The molecule has 0 aliphatic carbocycles. The van der Waals surface area contributed by atoms with Crippen LogP contribution in [-0.4, -0.2) is 68.3 Å². The van der Waals surface area contributed by atoms with E-state index in [1.807, 2.05) is 0 Å². The minimum Gasteiger partial charge on any atom is -0.377 e. The average Bonchev–Trinajstić information content (AvgIpc) is 2.59. The molecule has 0 radical (unpaired) electrons. The standard InChI is InChI=1S/C19H31N3O/c1-17-2-4-18(5-3-17)16-22-12-10-21(11-13-22)14-15-23-19-6-8-20-9-7-19/h2-5,19-20H,6-16H2,1H3. The molecule has 3 rings (SSSR count). The van der Waals surface area contributed by atoms with Gasteiger partial charge in [0, 0.05) is 39.3 Å². The summed E-state index contributed by atoms with van der Waals surface area (Å²) in [6, 6.07) is 8.94. The fraction of sp³-hybridized carbons (Fsp3) is 0.684. The summed E-state index contributed by atoms with van der Waals surface area (Å²) in [5.74, 6) is 0. The van der Waals surface area contributed by atoms with E-state index >= 15 is 0 Å². The number of aryl methyl sites for hydroxylation is 1. The Balaban J connectivity index is 1.31. The second-order valence-corrected chi connectivity index (χ2v) is 6.92. The molecule has 2 fully saturated rings. The number of piperazine rings is 1. The van der Waals surface area contributed by atoms with Crippen LogP contribution in [-0.2, 0) is 11.3 Å². The molecule has 2 aliphatic rings. The molecule has 0 saturated carbocycles. The number of piperidine rings is 1. The van der Waals surface area contributed by atoms with Crippen molar-refractivity contribution in [2.24, 2.45) is 0 Å². The van der Waals surface area contributed by atoms with E-state index in [9.17, 15) is 0 Å². The van der Waals surface area contributed by atoms with E-state index in [4.69, 9.17) is 4.74 Å². The van der Waals surface area contributed by atoms with Crippen LogP contribution < -0.4 is 5.32 Å². The molecule has 128 valence electrons. The quantitative estimate of drug-likeness (QED) is 0.867. The van der Waals surface area contributed by atoms with Crippen LogP contribution in [0, 0.1) is 6.92 Å². The highest BCUT2D eigenvalue weighted by Gasteiger charge is 2.18. The molecule has 1 aromatic carbocycles. The molecule has 2 heterocycles. The van der Waals surface area contributed by atoms with Crippen molar-refractivity contribution in [2.75, 3.05) is 52.4 Å². The van der Waals surface area contributed by atoms with Crippen molar-refractivity contribution in [2.45, 2.75) is 32.4 Å². The van der Waals surface area contributed by atoms with Crippen LogP contribution in [0.3, 0.4) is 0 Å². The lowest BCUT2D eigenvalue weighted by Gasteiger charge is -2.35. The summed E-state index contributed by atoms with van der Waals surface area (Å²) in [7, 11) is 0. The number of ether oxygens (including phenoxy) is 1. The van der Waals surface area contributed by atoms with Crippen molar-refractivity contribution in [1.29, 1.82) is 0 Å². The molecule has 4 heteroatoms. The predicted octanol–water partition coefficient (Wildman–Crippen LogP) is 1.88. The number of rotatable bonds is 6. The van der Waals surface area contributed by atoms with E-state index in [0.29, 0.717) is 6.10 Å². The van der Waals surface area contributed by atoms with Gasteiger partial charge in [0.15, 0.2) is 0 Å². The summed E-state index contributed by atoms with van der Waals surface area (Å²) in [6.07, 6.45) is 2.83. The third-order valence-corrected chi connectivity index (χ3v) is 5.04. The Kier molecular flexibility index (Phi) is 6.46. The predicted molar refractivity (Wildman–Crippen MR) is 94.7 cm³/mol. The van der Waals surface area contributed by atoms with Crippen molar-refractivity contribution < 1.29 is 4.74 Å². The molecule has 0 atom stereocenters. The zero-order chi connectivity index (χ0) is 15.9. The van der Waals surface area contributed by atoms with Gasteiger partial charge in [0.05, 0.1) is 12.7 Å². The summed E-state index contributed by atoms with van der Waals surface area (Å²) < 4.78 is 6.02. The highest BCUT2D eigenvalue weighted by atomic mass is 16.5. The maximum Gasteiger partial charge on any atom is 0.0600 e. The highest BCUT2D eigenvalue weighted by Crippen LogP contribution is 2.11. The van der Waals surface area contributed by atoms with Crippen LogP contribution in [0.4, 0.5) is 0 Å². The second-order valence-electron chi connectivity index (χ2n) is 6.92. The van der Waals surface area contributed by atoms with Crippen molar-refractivity contribution in [3.8, 4) is 0 Å². The Morgan fingerprint density at radius 3 is 2.35 bits per heavy atom. The molecule has 0 amide bonds. The average molecular weight is 317 g/mol. The Morgan fingerprint density at radius 1 is 1.00 bits per heavy atom.